The van der Waals surface area contributed by atoms with Crippen molar-refractivity contribution in [1.82, 2.24) is 10.6 Å². The normalized spacial score (nSPS) is 18.7. The largest absolute Gasteiger partial charge is 0.490 e. The molecule has 5 heteroatoms. The molecule has 0 aliphatic carbocycles. The maximum Gasteiger partial charge on any atom is 0.268 e. The zero-order valence-electron chi connectivity index (χ0n) is 16.5. The molecule has 1 heterocycles. The van der Waals surface area contributed by atoms with Crippen molar-refractivity contribution < 1.29 is 14.3 Å². The van der Waals surface area contributed by atoms with Crippen molar-refractivity contribution in [1.29, 1.82) is 0 Å². The summed E-state index contributed by atoms with van der Waals surface area (Å²) in [7, 11) is 0. The van der Waals surface area contributed by atoms with Gasteiger partial charge in [-0.3, -0.25) is 9.59 Å². The Labute approximate surface area is 161 Å². The van der Waals surface area contributed by atoms with E-state index in [0.717, 1.165) is 24.2 Å². The Morgan fingerprint density at radius 3 is 2.48 bits per heavy atom. The highest BCUT2D eigenvalue weighted by atomic mass is 16.5. The van der Waals surface area contributed by atoms with E-state index < -0.39 is 6.04 Å². The van der Waals surface area contributed by atoms with Crippen LogP contribution in [0.2, 0.25) is 0 Å². The van der Waals surface area contributed by atoms with Gasteiger partial charge in [-0.05, 0) is 70.4 Å². The van der Waals surface area contributed by atoms with Gasteiger partial charge in [0, 0.05) is 0 Å². The van der Waals surface area contributed by atoms with Gasteiger partial charge in [0.15, 0.2) is 0 Å². The first-order valence-electron chi connectivity index (χ1n) is 9.20. The van der Waals surface area contributed by atoms with Gasteiger partial charge in [0.05, 0.1) is 0 Å². The lowest BCUT2D eigenvalue weighted by atomic mass is 10.1. The van der Waals surface area contributed by atoms with E-state index in [9.17, 15) is 9.59 Å². The van der Waals surface area contributed by atoms with Crippen LogP contribution in [0.3, 0.4) is 0 Å². The maximum atomic E-state index is 11.9. The lowest BCUT2D eigenvalue weighted by molar-refractivity contribution is -0.130. The predicted octanol–water partition coefficient (Wildman–Crippen LogP) is 3.73. The van der Waals surface area contributed by atoms with E-state index >= 15 is 0 Å². The second-order valence-corrected chi connectivity index (χ2v) is 6.99. The molecule has 0 saturated carbocycles. The number of benzene rings is 1. The van der Waals surface area contributed by atoms with E-state index in [2.05, 4.69) is 43.6 Å². The third kappa shape index (κ3) is 6.77. The molecule has 1 aliphatic rings. The predicted molar refractivity (Wildman–Crippen MR) is 108 cm³/mol. The summed E-state index contributed by atoms with van der Waals surface area (Å²) in [6.07, 6.45) is 8.07. The summed E-state index contributed by atoms with van der Waals surface area (Å²) < 4.78 is 5.74. The summed E-state index contributed by atoms with van der Waals surface area (Å²) in [5.41, 5.74) is 3.72. The molecule has 1 fully saturated rings. The van der Waals surface area contributed by atoms with Gasteiger partial charge in [-0.15, -0.1) is 0 Å². The monoisotopic (exact) mass is 368 g/mol. The molecule has 5 nitrogen and oxygen atoms in total. The van der Waals surface area contributed by atoms with Crippen LogP contribution >= 0.6 is 0 Å². The number of hydrogen-bond acceptors (Lipinski definition) is 3. The lowest BCUT2D eigenvalue weighted by Gasteiger charge is -2.21. The fourth-order valence-corrected chi connectivity index (χ4v) is 2.54. The molecule has 1 aromatic carbocycles. The molecule has 144 valence electrons. The second kappa shape index (κ2) is 9.76. The zero-order valence-corrected chi connectivity index (χ0v) is 16.5. The molecule has 0 bridgehead atoms. The minimum Gasteiger partial charge on any atom is -0.490 e. The smallest absolute Gasteiger partial charge is 0.268 e. The van der Waals surface area contributed by atoms with Gasteiger partial charge >= 0.3 is 0 Å². The van der Waals surface area contributed by atoms with Gasteiger partial charge in [-0.1, -0.05) is 29.4 Å². The van der Waals surface area contributed by atoms with E-state index in [1.807, 2.05) is 24.3 Å². The summed E-state index contributed by atoms with van der Waals surface area (Å²) in [5, 5.41) is 5.23. The zero-order chi connectivity index (χ0) is 19.8. The SMILES string of the molecule is CC(C)=CCC/C(C)=C/COc1ccc(/C=C2\NC(=O)[C@H](C)NC2=O)cc1. The van der Waals surface area contributed by atoms with Crippen LogP contribution < -0.4 is 15.4 Å². The van der Waals surface area contributed by atoms with Gasteiger partial charge < -0.3 is 15.4 Å². The number of ether oxygens (including phenoxy) is 1. The van der Waals surface area contributed by atoms with E-state index in [-0.39, 0.29) is 17.5 Å². The topological polar surface area (TPSA) is 67.4 Å². The molecule has 0 aromatic heterocycles. The van der Waals surface area contributed by atoms with Crippen molar-refractivity contribution in [2.45, 2.75) is 46.6 Å². The number of allylic oxidation sites excluding steroid dienone is 3. The molecule has 2 amide bonds. The van der Waals surface area contributed by atoms with Crippen LogP contribution in [0.5, 0.6) is 5.75 Å². The van der Waals surface area contributed by atoms with Crippen molar-refractivity contribution >= 4 is 17.9 Å². The number of carbonyl (C=O) groups is 2. The van der Waals surface area contributed by atoms with Gasteiger partial charge in [-0.2, -0.15) is 0 Å². The number of hydrogen-bond donors (Lipinski definition) is 2. The minimum absolute atomic E-state index is 0.215. The van der Waals surface area contributed by atoms with Crippen LogP contribution in [0.4, 0.5) is 0 Å². The van der Waals surface area contributed by atoms with Gasteiger partial charge in [-0.25, -0.2) is 0 Å². The molecule has 1 aliphatic heterocycles. The average Bonchev–Trinajstić information content (AvgIpc) is 2.61. The van der Waals surface area contributed by atoms with Gasteiger partial charge in [0.1, 0.15) is 24.1 Å². The maximum absolute atomic E-state index is 11.9. The first-order chi connectivity index (χ1) is 12.8. The van der Waals surface area contributed by atoms with Crippen LogP contribution in [-0.2, 0) is 9.59 Å². The van der Waals surface area contributed by atoms with Gasteiger partial charge in [0.2, 0.25) is 5.91 Å². The Kier molecular flexibility index (Phi) is 7.41. The van der Waals surface area contributed by atoms with Crippen LogP contribution in [0.1, 0.15) is 46.1 Å². The van der Waals surface area contributed by atoms with Crippen molar-refractivity contribution in [2.24, 2.45) is 0 Å². The van der Waals surface area contributed by atoms with Crippen molar-refractivity contribution in [2.75, 3.05) is 6.61 Å². The third-order valence-corrected chi connectivity index (χ3v) is 4.21. The highest BCUT2D eigenvalue weighted by molar-refractivity contribution is 6.07. The Morgan fingerprint density at radius 2 is 1.81 bits per heavy atom. The number of piperazine rings is 1. The molecule has 27 heavy (non-hydrogen) atoms. The molecule has 0 radical (unpaired) electrons. The summed E-state index contributed by atoms with van der Waals surface area (Å²) in [6, 6.07) is 6.90. The molecule has 1 atom stereocenters. The fraction of sp³-hybridized carbons (Fsp3) is 0.364. The highest BCUT2D eigenvalue weighted by Gasteiger charge is 2.25. The van der Waals surface area contributed by atoms with E-state index in [0.29, 0.717) is 6.61 Å². The molecule has 1 saturated heterocycles. The standard InChI is InChI=1S/C22H28N2O3/c1-15(2)6-5-7-16(3)12-13-27-19-10-8-18(9-11-19)14-20-22(26)23-17(4)21(25)24-20/h6,8-12,14,17H,5,7,13H2,1-4H3,(H,23,26)(H,24,25)/b16-12+,20-14-/t17-/m0/s1. The summed E-state index contributed by atoms with van der Waals surface area (Å²) >= 11 is 0. The first-order valence-corrected chi connectivity index (χ1v) is 9.20. The van der Waals surface area contributed by atoms with E-state index in [1.54, 1.807) is 13.0 Å². The fourth-order valence-electron chi connectivity index (χ4n) is 2.54. The third-order valence-electron chi connectivity index (χ3n) is 4.21. The molecule has 2 rings (SSSR count). The van der Waals surface area contributed by atoms with Crippen LogP contribution in [0.25, 0.3) is 6.08 Å². The number of carbonyl (C=O) groups excluding carboxylic acids is 2. The number of amides is 2. The lowest BCUT2D eigenvalue weighted by Crippen LogP contribution is -2.53. The summed E-state index contributed by atoms with van der Waals surface area (Å²) in [4.78, 5) is 23.6. The minimum atomic E-state index is -0.510. The van der Waals surface area contributed by atoms with E-state index in [1.165, 1.54) is 11.1 Å². The Balaban J connectivity index is 1.88. The van der Waals surface area contributed by atoms with Gasteiger partial charge in [0.25, 0.3) is 5.91 Å². The molecular weight excluding hydrogens is 340 g/mol. The Bertz CT molecular complexity index is 769. The van der Waals surface area contributed by atoms with Crippen LogP contribution in [0.15, 0.2) is 53.3 Å². The molecule has 2 N–H and O–H groups in total. The highest BCUT2D eigenvalue weighted by Crippen LogP contribution is 2.15. The van der Waals surface area contributed by atoms with Crippen LogP contribution in [0, 0.1) is 0 Å². The number of nitrogens with one attached hydrogen (secondary N) is 2. The van der Waals surface area contributed by atoms with Crippen molar-refractivity contribution in [3.63, 3.8) is 0 Å². The average molecular weight is 368 g/mol. The molecule has 0 spiro atoms. The molecule has 0 unspecified atom stereocenters. The van der Waals surface area contributed by atoms with Crippen molar-refractivity contribution in [3.05, 3.63) is 58.8 Å². The number of rotatable bonds is 7. The summed E-state index contributed by atoms with van der Waals surface area (Å²) in [5.74, 6) is 0.264. The van der Waals surface area contributed by atoms with Crippen LogP contribution in [-0.4, -0.2) is 24.5 Å². The molecule has 1 aromatic rings. The Hall–Kier alpha value is -2.82. The quantitative estimate of drug-likeness (QED) is 0.569. The first kappa shape index (κ1) is 20.5. The molecular formula is C22H28N2O3. The second-order valence-electron chi connectivity index (χ2n) is 6.99. The summed E-state index contributed by atoms with van der Waals surface area (Å²) in [6.45, 7) is 8.50. The van der Waals surface area contributed by atoms with E-state index in [4.69, 9.17) is 4.74 Å². The van der Waals surface area contributed by atoms with Crippen molar-refractivity contribution in [3.8, 4) is 5.75 Å². The Morgan fingerprint density at radius 1 is 1.11 bits per heavy atom.